The zero-order valence-corrected chi connectivity index (χ0v) is 15.8. The van der Waals surface area contributed by atoms with E-state index in [1.54, 1.807) is 43.5 Å². The number of methoxy groups -OCH3 is 1. The Labute approximate surface area is 154 Å². The highest BCUT2D eigenvalue weighted by Gasteiger charge is 2.20. The summed E-state index contributed by atoms with van der Waals surface area (Å²) in [5, 5.41) is 0. The fourth-order valence-electron chi connectivity index (χ4n) is 3.02. The highest BCUT2D eigenvalue weighted by molar-refractivity contribution is 7.92. The van der Waals surface area contributed by atoms with E-state index < -0.39 is 10.0 Å². The molecule has 0 unspecified atom stereocenters. The van der Waals surface area contributed by atoms with Gasteiger partial charge in [0.25, 0.3) is 10.0 Å². The Morgan fingerprint density at radius 1 is 0.769 bits per heavy atom. The number of benzene rings is 3. The average molecular weight is 367 g/mol. The van der Waals surface area contributed by atoms with Gasteiger partial charge in [-0.25, -0.2) is 8.42 Å². The first-order chi connectivity index (χ1) is 12.4. The van der Waals surface area contributed by atoms with Crippen LogP contribution in [0.15, 0.2) is 71.6 Å². The van der Waals surface area contributed by atoms with E-state index in [4.69, 9.17) is 4.74 Å². The maximum atomic E-state index is 12.8. The largest absolute Gasteiger partial charge is 0.496 e. The van der Waals surface area contributed by atoms with Crippen molar-refractivity contribution in [1.82, 2.24) is 0 Å². The molecule has 0 atom stereocenters. The van der Waals surface area contributed by atoms with Crippen molar-refractivity contribution >= 4 is 15.7 Å². The molecule has 0 bridgehead atoms. The van der Waals surface area contributed by atoms with Gasteiger partial charge >= 0.3 is 0 Å². The Morgan fingerprint density at radius 3 is 2.04 bits per heavy atom. The van der Waals surface area contributed by atoms with Crippen molar-refractivity contribution in [3.05, 3.63) is 77.9 Å². The molecule has 0 radical (unpaired) electrons. The van der Waals surface area contributed by atoms with Gasteiger partial charge in [0.2, 0.25) is 0 Å². The van der Waals surface area contributed by atoms with E-state index in [0.717, 1.165) is 22.3 Å². The van der Waals surface area contributed by atoms with Crippen molar-refractivity contribution in [3.8, 4) is 16.9 Å². The van der Waals surface area contributed by atoms with Gasteiger partial charge < -0.3 is 4.74 Å². The summed E-state index contributed by atoms with van der Waals surface area (Å²) in [6.07, 6.45) is 0. The van der Waals surface area contributed by atoms with Crippen molar-refractivity contribution in [2.75, 3.05) is 11.8 Å². The van der Waals surface area contributed by atoms with E-state index in [1.807, 2.05) is 44.2 Å². The van der Waals surface area contributed by atoms with Gasteiger partial charge in [0.1, 0.15) is 5.75 Å². The van der Waals surface area contributed by atoms with Gasteiger partial charge in [0.15, 0.2) is 0 Å². The van der Waals surface area contributed by atoms with Crippen LogP contribution in [0.5, 0.6) is 5.75 Å². The minimum atomic E-state index is -3.68. The summed E-state index contributed by atoms with van der Waals surface area (Å²) in [7, 11) is -2.07. The molecule has 0 heterocycles. The second-order valence-electron chi connectivity index (χ2n) is 6.07. The number of rotatable bonds is 5. The first-order valence-electron chi connectivity index (χ1n) is 8.25. The molecule has 3 aromatic carbocycles. The highest BCUT2D eigenvalue weighted by Crippen LogP contribution is 2.40. The Morgan fingerprint density at radius 2 is 1.38 bits per heavy atom. The maximum Gasteiger partial charge on any atom is 0.261 e. The first kappa shape index (κ1) is 18.0. The summed E-state index contributed by atoms with van der Waals surface area (Å²) >= 11 is 0. The van der Waals surface area contributed by atoms with Crippen molar-refractivity contribution in [1.29, 1.82) is 0 Å². The van der Waals surface area contributed by atoms with Crippen LogP contribution < -0.4 is 9.46 Å². The van der Waals surface area contributed by atoms with Crippen molar-refractivity contribution in [2.24, 2.45) is 0 Å². The molecule has 134 valence electrons. The average Bonchev–Trinajstić information content (AvgIpc) is 2.63. The number of nitrogens with one attached hydrogen (secondary N) is 1. The number of aryl methyl sites for hydroxylation is 2. The zero-order valence-electron chi connectivity index (χ0n) is 15.0. The molecule has 3 aromatic rings. The van der Waals surface area contributed by atoms with Crippen LogP contribution in [0.2, 0.25) is 0 Å². The van der Waals surface area contributed by atoms with Gasteiger partial charge in [-0.2, -0.15) is 0 Å². The molecule has 26 heavy (non-hydrogen) atoms. The first-order valence-corrected chi connectivity index (χ1v) is 9.74. The number of ether oxygens (including phenoxy) is 1. The van der Waals surface area contributed by atoms with Crippen LogP contribution >= 0.6 is 0 Å². The summed E-state index contributed by atoms with van der Waals surface area (Å²) in [4.78, 5) is 0.226. The minimum Gasteiger partial charge on any atom is -0.496 e. The summed E-state index contributed by atoms with van der Waals surface area (Å²) in [5.41, 5.74) is 4.21. The molecule has 0 aliphatic carbocycles. The molecular formula is C21H21NO3S. The van der Waals surface area contributed by atoms with Crippen LogP contribution in [-0.2, 0) is 10.0 Å². The van der Waals surface area contributed by atoms with Crippen LogP contribution in [0.3, 0.4) is 0 Å². The molecular weight excluding hydrogens is 346 g/mol. The predicted molar refractivity (Wildman–Crippen MR) is 105 cm³/mol. The molecule has 3 rings (SSSR count). The van der Waals surface area contributed by atoms with Crippen molar-refractivity contribution in [2.45, 2.75) is 18.7 Å². The molecule has 0 saturated carbocycles. The number of sulfonamides is 1. The normalized spacial score (nSPS) is 11.2. The highest BCUT2D eigenvalue weighted by atomic mass is 32.2. The van der Waals surface area contributed by atoms with Crippen LogP contribution in [-0.4, -0.2) is 15.5 Å². The smallest absolute Gasteiger partial charge is 0.261 e. The second-order valence-corrected chi connectivity index (χ2v) is 7.75. The number of anilines is 1. The van der Waals surface area contributed by atoms with Crippen molar-refractivity contribution < 1.29 is 13.2 Å². The summed E-state index contributed by atoms with van der Waals surface area (Å²) in [5.74, 6) is 0.708. The molecule has 0 amide bonds. The molecule has 1 N–H and O–H groups in total. The predicted octanol–water partition coefficient (Wildman–Crippen LogP) is 4.78. The molecule has 0 saturated heterocycles. The number of hydrogen-bond acceptors (Lipinski definition) is 3. The molecule has 0 aromatic heterocycles. The van der Waals surface area contributed by atoms with Gasteiger partial charge in [0.05, 0.1) is 17.7 Å². The third kappa shape index (κ3) is 3.44. The van der Waals surface area contributed by atoms with Gasteiger partial charge in [-0.05, 0) is 49.2 Å². The molecule has 0 aliphatic rings. The van der Waals surface area contributed by atoms with Gasteiger partial charge in [-0.1, -0.05) is 42.5 Å². The Hall–Kier alpha value is -2.79. The summed E-state index contributed by atoms with van der Waals surface area (Å²) in [6, 6.07) is 19.7. The van der Waals surface area contributed by atoms with E-state index in [-0.39, 0.29) is 4.90 Å². The van der Waals surface area contributed by atoms with Crippen LogP contribution in [0.25, 0.3) is 11.1 Å². The fraction of sp³-hybridized carbons (Fsp3) is 0.143. The Kier molecular flexibility index (Phi) is 5.00. The molecule has 4 nitrogen and oxygen atoms in total. The van der Waals surface area contributed by atoms with Crippen LogP contribution in [0, 0.1) is 13.8 Å². The summed E-state index contributed by atoms with van der Waals surface area (Å²) in [6.45, 7) is 3.95. The van der Waals surface area contributed by atoms with Gasteiger partial charge in [-0.3, -0.25) is 4.72 Å². The monoisotopic (exact) mass is 367 g/mol. The standard InChI is InChI=1S/C21H21NO3S/c1-15-9-7-13-18(22-26(23,24)17-11-5-4-6-12-17)20(15)21-16(2)10-8-14-19(21)25-3/h4-14,22H,1-3H3. The van der Waals surface area contributed by atoms with Crippen molar-refractivity contribution in [3.63, 3.8) is 0 Å². The van der Waals surface area contributed by atoms with E-state index >= 15 is 0 Å². The lowest BCUT2D eigenvalue weighted by molar-refractivity contribution is 0.416. The zero-order chi connectivity index (χ0) is 18.7. The van der Waals surface area contributed by atoms with E-state index in [9.17, 15) is 8.42 Å². The second kappa shape index (κ2) is 7.22. The Balaban J connectivity index is 2.17. The topological polar surface area (TPSA) is 55.4 Å². The summed E-state index contributed by atoms with van der Waals surface area (Å²) < 4.78 is 33.9. The van der Waals surface area contributed by atoms with Gasteiger partial charge in [0, 0.05) is 11.1 Å². The fourth-order valence-corrected chi connectivity index (χ4v) is 4.11. The minimum absolute atomic E-state index is 0.226. The SMILES string of the molecule is COc1cccc(C)c1-c1c(C)cccc1NS(=O)(=O)c1ccccc1. The third-order valence-corrected chi connectivity index (χ3v) is 5.66. The Bertz CT molecular complexity index is 1030. The van der Waals surface area contributed by atoms with E-state index in [2.05, 4.69) is 4.72 Å². The van der Waals surface area contributed by atoms with E-state index in [0.29, 0.717) is 11.4 Å². The lowest BCUT2D eigenvalue weighted by Gasteiger charge is -2.19. The quantitative estimate of drug-likeness (QED) is 0.706. The molecule has 0 fully saturated rings. The van der Waals surface area contributed by atoms with Crippen LogP contribution in [0.4, 0.5) is 5.69 Å². The molecule has 5 heteroatoms. The van der Waals surface area contributed by atoms with Gasteiger partial charge in [-0.15, -0.1) is 0 Å². The van der Waals surface area contributed by atoms with E-state index in [1.165, 1.54) is 0 Å². The molecule has 0 spiro atoms. The number of hydrogen-bond donors (Lipinski definition) is 1. The van der Waals surface area contributed by atoms with Crippen LogP contribution in [0.1, 0.15) is 11.1 Å². The molecule has 0 aliphatic heterocycles. The third-order valence-electron chi connectivity index (χ3n) is 4.28. The maximum absolute atomic E-state index is 12.8. The lowest BCUT2D eigenvalue weighted by Crippen LogP contribution is -2.14. The lowest BCUT2D eigenvalue weighted by atomic mass is 9.94.